The van der Waals surface area contributed by atoms with Gasteiger partial charge in [0.15, 0.2) is 0 Å². The lowest BCUT2D eigenvalue weighted by Gasteiger charge is -2.18. The number of carbonyl (C=O) groups is 1. The molecule has 3 nitrogen and oxygen atoms in total. The monoisotopic (exact) mass is 247 g/mol. The molecule has 1 unspecified atom stereocenters. The van der Waals surface area contributed by atoms with E-state index in [1.165, 1.54) is 0 Å². The highest BCUT2D eigenvalue weighted by molar-refractivity contribution is 7.10. The number of halogens is 1. The number of nitrogens with zero attached hydrogens (tertiary/aromatic N) is 1. The molecule has 1 aromatic rings. The highest BCUT2D eigenvalue weighted by atomic mass is 35.5. The lowest BCUT2D eigenvalue weighted by atomic mass is 10.3. The first kappa shape index (κ1) is 12.5. The van der Waals surface area contributed by atoms with Gasteiger partial charge in [-0.2, -0.15) is 0 Å². The second kappa shape index (κ2) is 6.10. The summed E-state index contributed by atoms with van der Waals surface area (Å²) in [6.07, 6.45) is 0.157. The van der Waals surface area contributed by atoms with Crippen molar-refractivity contribution in [3.8, 4) is 0 Å². The predicted molar refractivity (Wildman–Crippen MR) is 62.7 cm³/mol. The van der Waals surface area contributed by atoms with Crippen molar-refractivity contribution in [1.82, 2.24) is 4.90 Å². The Labute approximate surface area is 98.3 Å². The maximum Gasteiger partial charge on any atom is 0.304 e. The van der Waals surface area contributed by atoms with Crippen molar-refractivity contribution in [3.05, 3.63) is 22.4 Å². The fourth-order valence-electron chi connectivity index (χ4n) is 1.21. The zero-order valence-corrected chi connectivity index (χ0v) is 10.1. The van der Waals surface area contributed by atoms with Crippen molar-refractivity contribution in [3.63, 3.8) is 0 Å². The van der Waals surface area contributed by atoms with Gasteiger partial charge in [0.1, 0.15) is 0 Å². The molecule has 5 heteroatoms. The number of hydrogen-bond donors (Lipinski definition) is 1. The molecule has 1 atom stereocenters. The lowest BCUT2D eigenvalue weighted by molar-refractivity contribution is -0.137. The number of hydrogen-bond acceptors (Lipinski definition) is 3. The molecule has 1 aromatic heterocycles. The van der Waals surface area contributed by atoms with Gasteiger partial charge in [0.05, 0.1) is 11.8 Å². The second-order valence-corrected chi connectivity index (χ2v) is 4.90. The molecule has 0 aliphatic rings. The van der Waals surface area contributed by atoms with E-state index in [1.807, 2.05) is 29.5 Å². The first-order chi connectivity index (χ1) is 7.09. The van der Waals surface area contributed by atoms with E-state index in [1.54, 1.807) is 11.3 Å². The van der Waals surface area contributed by atoms with E-state index in [4.69, 9.17) is 16.7 Å². The van der Waals surface area contributed by atoms with Crippen molar-refractivity contribution in [2.24, 2.45) is 0 Å². The van der Waals surface area contributed by atoms with Crippen LogP contribution in [-0.2, 0) is 4.79 Å². The molecule has 0 saturated carbocycles. The van der Waals surface area contributed by atoms with Crippen LogP contribution in [0.3, 0.4) is 0 Å². The van der Waals surface area contributed by atoms with Gasteiger partial charge < -0.3 is 10.0 Å². The number of carboxylic acid groups (broad SMARTS) is 1. The van der Waals surface area contributed by atoms with Gasteiger partial charge in [-0.1, -0.05) is 6.07 Å². The molecule has 0 radical (unpaired) electrons. The Morgan fingerprint density at radius 3 is 3.00 bits per heavy atom. The Hall–Kier alpha value is -0.580. The summed E-state index contributed by atoms with van der Waals surface area (Å²) in [6, 6.07) is 3.96. The molecule has 84 valence electrons. The van der Waals surface area contributed by atoms with Gasteiger partial charge in [-0.15, -0.1) is 22.9 Å². The Morgan fingerprint density at radius 2 is 2.47 bits per heavy atom. The molecule has 1 N–H and O–H groups in total. The number of aliphatic carboxylic acids is 1. The molecule has 0 spiro atoms. The van der Waals surface area contributed by atoms with Crippen molar-refractivity contribution in [2.75, 3.05) is 20.1 Å². The van der Waals surface area contributed by atoms with Crippen LogP contribution in [0.2, 0.25) is 0 Å². The molecule has 15 heavy (non-hydrogen) atoms. The number of likely N-dealkylation sites (N-methyl/N-ethyl adjacent to an activating group) is 1. The fraction of sp³-hybridized carbons (Fsp3) is 0.500. The van der Waals surface area contributed by atoms with Crippen molar-refractivity contribution in [1.29, 1.82) is 0 Å². The third-order valence-electron chi connectivity index (χ3n) is 2.03. The standard InChI is InChI=1S/C10H14ClNO2S/c1-12(5-4-10(13)14)7-8(11)9-3-2-6-15-9/h2-3,6,8H,4-5,7H2,1H3,(H,13,14). The minimum absolute atomic E-state index is 0.0520. The molecule has 0 bridgehead atoms. The summed E-state index contributed by atoms with van der Waals surface area (Å²) >= 11 is 7.80. The van der Waals surface area contributed by atoms with E-state index in [2.05, 4.69) is 0 Å². The third kappa shape index (κ3) is 4.64. The number of thiophene rings is 1. The predicted octanol–water partition coefficient (Wildman–Crippen LogP) is 2.43. The fourth-order valence-corrected chi connectivity index (χ4v) is 2.37. The Kier molecular flexibility index (Phi) is 5.08. The van der Waals surface area contributed by atoms with E-state index < -0.39 is 5.97 Å². The minimum atomic E-state index is -0.774. The zero-order valence-electron chi connectivity index (χ0n) is 8.52. The summed E-state index contributed by atoms with van der Waals surface area (Å²) in [7, 11) is 1.88. The molecule has 0 amide bonds. The van der Waals surface area contributed by atoms with Gasteiger partial charge in [-0.3, -0.25) is 4.79 Å². The van der Waals surface area contributed by atoms with E-state index in [0.717, 1.165) is 4.88 Å². The Balaban J connectivity index is 2.31. The summed E-state index contributed by atoms with van der Waals surface area (Å²) in [5, 5.41) is 10.5. The quantitative estimate of drug-likeness (QED) is 0.785. The lowest BCUT2D eigenvalue weighted by Crippen LogP contribution is -2.25. The van der Waals surface area contributed by atoms with Crippen LogP contribution in [0.1, 0.15) is 16.7 Å². The van der Waals surface area contributed by atoms with E-state index >= 15 is 0 Å². The van der Waals surface area contributed by atoms with Crippen LogP contribution < -0.4 is 0 Å². The van der Waals surface area contributed by atoms with Crippen molar-refractivity contribution < 1.29 is 9.90 Å². The van der Waals surface area contributed by atoms with Crippen LogP contribution in [0.4, 0.5) is 0 Å². The molecule has 0 fully saturated rings. The third-order valence-corrected chi connectivity index (χ3v) is 3.52. The maximum atomic E-state index is 10.4. The molecule has 0 aliphatic heterocycles. The first-order valence-electron chi connectivity index (χ1n) is 4.67. The van der Waals surface area contributed by atoms with Crippen LogP contribution >= 0.6 is 22.9 Å². The van der Waals surface area contributed by atoms with Crippen molar-refractivity contribution >= 4 is 28.9 Å². The minimum Gasteiger partial charge on any atom is -0.481 e. The number of carboxylic acids is 1. The maximum absolute atomic E-state index is 10.4. The molecule has 1 heterocycles. The average Bonchev–Trinajstić information content (AvgIpc) is 2.67. The van der Waals surface area contributed by atoms with Gasteiger partial charge in [0, 0.05) is 18.0 Å². The summed E-state index contributed by atoms with van der Waals surface area (Å²) in [6.45, 7) is 1.21. The highest BCUT2D eigenvalue weighted by Crippen LogP contribution is 2.25. The smallest absolute Gasteiger partial charge is 0.304 e. The summed E-state index contributed by atoms with van der Waals surface area (Å²) < 4.78 is 0. The summed E-state index contributed by atoms with van der Waals surface area (Å²) in [5.74, 6) is -0.774. The molecule has 1 rings (SSSR count). The van der Waals surface area contributed by atoms with E-state index in [-0.39, 0.29) is 11.8 Å². The van der Waals surface area contributed by atoms with E-state index in [0.29, 0.717) is 13.1 Å². The molecule has 0 saturated heterocycles. The van der Waals surface area contributed by atoms with E-state index in [9.17, 15) is 4.79 Å². The van der Waals surface area contributed by atoms with Gasteiger partial charge in [0.25, 0.3) is 0 Å². The van der Waals surface area contributed by atoms with Gasteiger partial charge in [0.2, 0.25) is 0 Å². The van der Waals surface area contributed by atoms with Crippen LogP contribution in [0.15, 0.2) is 17.5 Å². The van der Waals surface area contributed by atoms with Gasteiger partial charge in [-0.25, -0.2) is 0 Å². The highest BCUT2D eigenvalue weighted by Gasteiger charge is 2.12. The normalized spacial score (nSPS) is 13.0. The van der Waals surface area contributed by atoms with Crippen molar-refractivity contribution in [2.45, 2.75) is 11.8 Å². The van der Waals surface area contributed by atoms with Gasteiger partial charge in [-0.05, 0) is 18.5 Å². The number of rotatable bonds is 6. The first-order valence-corrected chi connectivity index (χ1v) is 5.99. The largest absolute Gasteiger partial charge is 0.481 e. The number of alkyl halides is 1. The Morgan fingerprint density at radius 1 is 1.73 bits per heavy atom. The Bertz CT molecular complexity index is 302. The second-order valence-electron chi connectivity index (χ2n) is 3.39. The summed E-state index contributed by atoms with van der Waals surface area (Å²) in [4.78, 5) is 13.4. The van der Waals surface area contributed by atoms with Crippen LogP contribution in [0, 0.1) is 0 Å². The molecular weight excluding hydrogens is 234 g/mol. The zero-order chi connectivity index (χ0) is 11.3. The van der Waals surface area contributed by atoms with Crippen LogP contribution in [0.5, 0.6) is 0 Å². The average molecular weight is 248 g/mol. The van der Waals surface area contributed by atoms with Crippen LogP contribution in [0.25, 0.3) is 0 Å². The topological polar surface area (TPSA) is 40.5 Å². The SMILES string of the molecule is CN(CCC(=O)O)CC(Cl)c1cccs1. The summed E-state index contributed by atoms with van der Waals surface area (Å²) in [5.41, 5.74) is 0. The molecule has 0 aliphatic carbocycles. The van der Waals surface area contributed by atoms with Gasteiger partial charge >= 0.3 is 5.97 Å². The molecular formula is C10H14ClNO2S. The van der Waals surface area contributed by atoms with Crippen LogP contribution in [-0.4, -0.2) is 36.1 Å². The molecule has 0 aromatic carbocycles.